The lowest BCUT2D eigenvalue weighted by Crippen LogP contribution is -2.54. The molecule has 0 aliphatic rings. The van der Waals surface area contributed by atoms with Crippen LogP contribution in [0.15, 0.2) is 0 Å². The molecule has 0 aromatic rings. The van der Waals surface area contributed by atoms with E-state index < -0.39 is 59.5 Å². The number of rotatable bonds is 8. The van der Waals surface area contributed by atoms with E-state index in [1.165, 1.54) is 0 Å². The molecule has 0 heterocycles. The van der Waals surface area contributed by atoms with E-state index in [2.05, 4.69) is 4.74 Å². The fourth-order valence-corrected chi connectivity index (χ4v) is 1.37. The highest BCUT2D eigenvalue weighted by Gasteiger charge is 2.51. The van der Waals surface area contributed by atoms with Crippen LogP contribution in [0.3, 0.4) is 0 Å². The van der Waals surface area contributed by atoms with Crippen molar-refractivity contribution in [3.05, 3.63) is 0 Å². The van der Waals surface area contributed by atoms with E-state index in [0.29, 0.717) is 13.8 Å². The van der Waals surface area contributed by atoms with Crippen molar-refractivity contribution in [1.82, 2.24) is 0 Å². The molecule has 2 unspecified atom stereocenters. The number of carboxylic acid groups (broad SMARTS) is 2. The van der Waals surface area contributed by atoms with Crippen molar-refractivity contribution in [2.45, 2.75) is 37.9 Å². The SMILES string of the molecule is CC(=O)C(O)(CC(=O)O)C(=O)OC(=O)C(O)(CC(=O)O)C(C)=O. The monoisotopic (exact) mass is 334 g/mol. The van der Waals surface area contributed by atoms with Crippen molar-refractivity contribution < 1.29 is 53.9 Å². The van der Waals surface area contributed by atoms with E-state index in [1.807, 2.05) is 0 Å². The molecule has 0 amide bonds. The molecule has 11 heteroatoms. The molecule has 128 valence electrons. The largest absolute Gasteiger partial charge is 0.481 e. The second kappa shape index (κ2) is 7.07. The first-order valence-corrected chi connectivity index (χ1v) is 5.94. The molecule has 4 N–H and O–H groups in total. The fourth-order valence-electron chi connectivity index (χ4n) is 1.37. The molecule has 0 rings (SSSR count). The molecule has 0 bridgehead atoms. The first kappa shape index (κ1) is 20.3. The van der Waals surface area contributed by atoms with Crippen LogP contribution in [0.25, 0.3) is 0 Å². The Morgan fingerprint density at radius 1 is 0.739 bits per heavy atom. The lowest BCUT2D eigenvalue weighted by atomic mass is 9.93. The Morgan fingerprint density at radius 2 is 1.00 bits per heavy atom. The summed E-state index contributed by atoms with van der Waals surface area (Å²) in [7, 11) is 0. The van der Waals surface area contributed by atoms with Crippen molar-refractivity contribution in [3.63, 3.8) is 0 Å². The maximum absolute atomic E-state index is 11.7. The molecule has 0 radical (unpaired) electrons. The van der Waals surface area contributed by atoms with Crippen LogP contribution in [-0.4, -0.2) is 67.1 Å². The number of hydrogen-bond donors (Lipinski definition) is 4. The number of ether oxygens (including phenoxy) is 1. The molecule has 0 saturated heterocycles. The molecule has 0 spiro atoms. The summed E-state index contributed by atoms with van der Waals surface area (Å²) in [5, 5.41) is 36.6. The van der Waals surface area contributed by atoms with Crippen LogP contribution in [0.5, 0.6) is 0 Å². The van der Waals surface area contributed by atoms with Crippen molar-refractivity contribution in [3.8, 4) is 0 Å². The number of esters is 2. The number of carboxylic acids is 2. The zero-order chi connectivity index (χ0) is 18.6. The summed E-state index contributed by atoms with van der Waals surface area (Å²) in [4.78, 5) is 66.9. The van der Waals surface area contributed by atoms with E-state index in [1.54, 1.807) is 0 Å². The summed E-state index contributed by atoms with van der Waals surface area (Å²) in [6.45, 7) is 1.28. The van der Waals surface area contributed by atoms with Gasteiger partial charge in [-0.05, 0) is 13.8 Å². The Kier molecular flexibility index (Phi) is 6.25. The number of Topliss-reactive ketones (excluding diaryl/α,β-unsaturated/α-hetero) is 2. The first-order valence-electron chi connectivity index (χ1n) is 5.94. The highest BCUT2D eigenvalue weighted by molar-refractivity contribution is 6.15. The lowest BCUT2D eigenvalue weighted by Gasteiger charge is -2.24. The minimum atomic E-state index is -3.23. The van der Waals surface area contributed by atoms with Gasteiger partial charge >= 0.3 is 23.9 Å². The molecule has 2 atom stereocenters. The Bertz CT molecular complexity index is 528. The zero-order valence-corrected chi connectivity index (χ0v) is 12.1. The van der Waals surface area contributed by atoms with Gasteiger partial charge in [0, 0.05) is 0 Å². The summed E-state index contributed by atoms with van der Waals surface area (Å²) >= 11 is 0. The number of carbonyl (C=O) groups is 6. The molecule has 11 nitrogen and oxygen atoms in total. The van der Waals surface area contributed by atoms with Gasteiger partial charge in [0.25, 0.3) is 0 Å². The highest BCUT2D eigenvalue weighted by atomic mass is 16.6. The van der Waals surface area contributed by atoms with Gasteiger partial charge in [-0.15, -0.1) is 0 Å². The molecule has 23 heavy (non-hydrogen) atoms. The van der Waals surface area contributed by atoms with Crippen LogP contribution < -0.4 is 0 Å². The van der Waals surface area contributed by atoms with Gasteiger partial charge < -0.3 is 25.2 Å². The number of aliphatic hydroxyl groups is 2. The van der Waals surface area contributed by atoms with Crippen molar-refractivity contribution >= 4 is 35.4 Å². The van der Waals surface area contributed by atoms with Gasteiger partial charge in [0.2, 0.25) is 11.2 Å². The van der Waals surface area contributed by atoms with Crippen LogP contribution in [0, 0.1) is 0 Å². The van der Waals surface area contributed by atoms with E-state index in [9.17, 15) is 39.0 Å². The third-order valence-corrected chi connectivity index (χ3v) is 2.84. The predicted octanol–water partition coefficient (Wildman–Crippen LogP) is -2.35. The van der Waals surface area contributed by atoms with Crippen LogP contribution in [0.4, 0.5) is 0 Å². The maximum atomic E-state index is 11.7. The van der Waals surface area contributed by atoms with Gasteiger partial charge in [-0.1, -0.05) is 0 Å². The number of hydrogen-bond acceptors (Lipinski definition) is 9. The van der Waals surface area contributed by atoms with Crippen LogP contribution >= 0.6 is 0 Å². The Labute approximate surface area is 128 Å². The number of aliphatic carboxylic acids is 2. The predicted molar refractivity (Wildman–Crippen MR) is 66.9 cm³/mol. The average Bonchev–Trinajstić information content (AvgIpc) is 2.35. The summed E-state index contributed by atoms with van der Waals surface area (Å²) in [5.74, 6) is -10.4. The Hall–Kier alpha value is -2.66. The van der Waals surface area contributed by atoms with Crippen molar-refractivity contribution in [2.24, 2.45) is 0 Å². The average molecular weight is 334 g/mol. The fraction of sp³-hybridized carbons (Fsp3) is 0.500. The topological polar surface area (TPSA) is 193 Å². The molecule has 0 fully saturated rings. The second-order valence-corrected chi connectivity index (χ2v) is 4.65. The summed E-state index contributed by atoms with van der Waals surface area (Å²) in [6.07, 6.45) is -2.88. The van der Waals surface area contributed by atoms with Gasteiger partial charge in [0.1, 0.15) is 0 Å². The molecule has 0 aromatic carbocycles. The smallest absolute Gasteiger partial charge is 0.354 e. The molecule has 0 aromatic heterocycles. The summed E-state index contributed by atoms with van der Waals surface area (Å²) in [6, 6.07) is 0. The third kappa shape index (κ3) is 4.66. The zero-order valence-electron chi connectivity index (χ0n) is 12.1. The van der Waals surface area contributed by atoms with Gasteiger partial charge in [-0.3, -0.25) is 19.2 Å². The second-order valence-electron chi connectivity index (χ2n) is 4.65. The normalized spacial score (nSPS) is 15.7. The third-order valence-electron chi connectivity index (χ3n) is 2.84. The standard InChI is InChI=1S/C12H14O11/c1-5(13)11(21,3-7(15)16)9(19)23-10(20)12(22,6(2)14)4-8(17)18/h21-22H,3-4H2,1-2H3,(H,15,16)(H,17,18). The minimum Gasteiger partial charge on any atom is -0.481 e. The van der Waals surface area contributed by atoms with E-state index in [4.69, 9.17) is 10.2 Å². The van der Waals surface area contributed by atoms with E-state index in [-0.39, 0.29) is 0 Å². The van der Waals surface area contributed by atoms with Crippen molar-refractivity contribution in [2.75, 3.05) is 0 Å². The first-order chi connectivity index (χ1) is 10.3. The Morgan fingerprint density at radius 3 is 1.17 bits per heavy atom. The molecule has 0 aliphatic heterocycles. The number of ketones is 2. The van der Waals surface area contributed by atoms with Crippen LogP contribution in [0.1, 0.15) is 26.7 Å². The minimum absolute atomic E-state index is 0.642. The van der Waals surface area contributed by atoms with Crippen LogP contribution in [-0.2, 0) is 33.5 Å². The maximum Gasteiger partial charge on any atom is 0.354 e. The summed E-state index contributed by atoms with van der Waals surface area (Å²) < 4.78 is 3.96. The van der Waals surface area contributed by atoms with Gasteiger partial charge in [0.15, 0.2) is 11.6 Å². The molecular formula is C12H14O11. The van der Waals surface area contributed by atoms with Crippen molar-refractivity contribution in [1.29, 1.82) is 0 Å². The quantitative estimate of drug-likeness (QED) is 0.274. The van der Waals surface area contributed by atoms with E-state index >= 15 is 0 Å². The van der Waals surface area contributed by atoms with Gasteiger partial charge in [-0.2, -0.15) is 0 Å². The highest BCUT2D eigenvalue weighted by Crippen LogP contribution is 2.19. The number of carbonyl (C=O) groups excluding carboxylic acids is 4. The Balaban J connectivity index is 5.51. The summed E-state index contributed by atoms with van der Waals surface area (Å²) in [5.41, 5.74) is -6.47. The lowest BCUT2D eigenvalue weighted by molar-refractivity contribution is -0.190. The van der Waals surface area contributed by atoms with E-state index in [0.717, 1.165) is 0 Å². The molecule has 0 saturated carbocycles. The van der Waals surface area contributed by atoms with Crippen LogP contribution in [0.2, 0.25) is 0 Å². The van der Waals surface area contributed by atoms with Gasteiger partial charge in [0.05, 0.1) is 12.8 Å². The molecular weight excluding hydrogens is 320 g/mol. The van der Waals surface area contributed by atoms with Gasteiger partial charge in [-0.25, -0.2) is 9.59 Å². The molecule has 0 aliphatic carbocycles.